The number of unbranched alkanes of at least 4 members (excludes halogenated alkanes) is 3. The maximum Gasteiger partial charge on any atom is 0.412 e. The van der Waals surface area contributed by atoms with E-state index in [1.165, 1.54) is 0 Å². The van der Waals surface area contributed by atoms with E-state index in [-0.39, 0.29) is 11.7 Å². The van der Waals surface area contributed by atoms with Gasteiger partial charge >= 0.3 is 6.09 Å². The molecule has 3 rings (SSSR count). The van der Waals surface area contributed by atoms with Crippen molar-refractivity contribution in [2.24, 2.45) is 0 Å². The molecule has 1 aromatic heterocycles. The van der Waals surface area contributed by atoms with Gasteiger partial charge in [0.05, 0.1) is 24.9 Å². The molecule has 2 aromatic carbocycles. The van der Waals surface area contributed by atoms with Gasteiger partial charge in [-0.15, -0.1) is 0 Å². The number of nitrogens with zero attached hydrogens (tertiary/aromatic N) is 2. The topological polar surface area (TPSA) is 109 Å². The van der Waals surface area contributed by atoms with Gasteiger partial charge < -0.3 is 10.1 Å². The van der Waals surface area contributed by atoms with Crippen LogP contribution in [0.15, 0.2) is 60.8 Å². The summed E-state index contributed by atoms with van der Waals surface area (Å²) < 4.78 is 6.92. The lowest BCUT2D eigenvalue weighted by Crippen LogP contribution is -2.31. The van der Waals surface area contributed by atoms with Gasteiger partial charge in [0, 0.05) is 17.8 Å². The van der Waals surface area contributed by atoms with Gasteiger partial charge in [-0.1, -0.05) is 80.8 Å². The summed E-state index contributed by atoms with van der Waals surface area (Å²) in [7, 11) is 0. The number of amidine groups is 1. The molecule has 0 saturated heterocycles. The molecule has 8 nitrogen and oxygen atoms in total. The monoisotopic (exact) mass is 475 g/mol. The molecule has 0 aliphatic rings. The Hall–Kier alpha value is -3.94. The number of carbonyl (C=O) groups excluding carboxylic acids is 2. The Morgan fingerprint density at radius 3 is 2.46 bits per heavy atom. The summed E-state index contributed by atoms with van der Waals surface area (Å²) in [6.45, 7) is 5.30. The average molecular weight is 476 g/mol. The predicted molar refractivity (Wildman–Crippen MR) is 136 cm³/mol. The first-order chi connectivity index (χ1) is 17.0. The molecule has 35 heavy (non-hydrogen) atoms. The maximum absolute atomic E-state index is 12.7. The Morgan fingerprint density at radius 1 is 1.00 bits per heavy atom. The summed E-state index contributed by atoms with van der Waals surface area (Å²) in [5, 5.41) is 17.8. The Balaban J connectivity index is 1.46. The zero-order valence-electron chi connectivity index (χ0n) is 20.3. The van der Waals surface area contributed by atoms with Crippen molar-refractivity contribution in [1.29, 1.82) is 5.41 Å². The summed E-state index contributed by atoms with van der Waals surface area (Å²) >= 11 is 0. The number of alkyl carbamates (subject to hydrolysis) is 1. The van der Waals surface area contributed by atoms with Crippen molar-refractivity contribution in [2.45, 2.75) is 52.6 Å². The molecule has 0 atom stereocenters. The van der Waals surface area contributed by atoms with E-state index in [0.29, 0.717) is 30.8 Å². The largest absolute Gasteiger partial charge is 0.449 e. The van der Waals surface area contributed by atoms with Gasteiger partial charge in [0.2, 0.25) is 0 Å². The van der Waals surface area contributed by atoms with Crippen molar-refractivity contribution in [3.05, 3.63) is 88.7 Å². The summed E-state index contributed by atoms with van der Waals surface area (Å²) in [4.78, 5) is 24.5. The third kappa shape index (κ3) is 7.81. The third-order valence-corrected chi connectivity index (χ3v) is 5.68. The minimum atomic E-state index is -0.619. The smallest absolute Gasteiger partial charge is 0.412 e. The summed E-state index contributed by atoms with van der Waals surface area (Å²) in [5.74, 6) is -0.220. The number of hydrogen-bond acceptors (Lipinski definition) is 5. The van der Waals surface area contributed by atoms with E-state index in [9.17, 15) is 9.59 Å². The summed E-state index contributed by atoms with van der Waals surface area (Å²) in [6, 6.07) is 17.1. The molecule has 0 bridgehead atoms. The maximum atomic E-state index is 12.7. The number of benzene rings is 2. The fourth-order valence-electron chi connectivity index (χ4n) is 3.56. The molecule has 1 heterocycles. The summed E-state index contributed by atoms with van der Waals surface area (Å²) in [6.07, 6.45) is 5.05. The van der Waals surface area contributed by atoms with Gasteiger partial charge in [-0.05, 0) is 24.5 Å². The third-order valence-electron chi connectivity index (χ3n) is 5.68. The first-order valence-corrected chi connectivity index (χ1v) is 11.9. The summed E-state index contributed by atoms with van der Waals surface area (Å²) in [5.41, 5.74) is 3.89. The van der Waals surface area contributed by atoms with E-state index in [1.807, 2.05) is 54.1 Å². The van der Waals surface area contributed by atoms with Crippen LogP contribution >= 0.6 is 0 Å². The Kier molecular flexibility index (Phi) is 9.59. The molecule has 2 amide bonds. The number of ether oxygens (including phenoxy) is 1. The highest BCUT2D eigenvalue weighted by Gasteiger charge is 2.14. The Labute approximate surface area is 206 Å². The zero-order valence-corrected chi connectivity index (χ0v) is 20.3. The molecule has 0 spiro atoms. The van der Waals surface area contributed by atoms with E-state index in [1.54, 1.807) is 18.3 Å². The molecule has 3 N–H and O–H groups in total. The van der Waals surface area contributed by atoms with Gasteiger partial charge in [-0.3, -0.25) is 20.2 Å². The van der Waals surface area contributed by atoms with Crippen LogP contribution < -0.4 is 10.6 Å². The number of amides is 2. The van der Waals surface area contributed by atoms with Crippen molar-refractivity contribution >= 4 is 17.8 Å². The van der Waals surface area contributed by atoms with Crippen LogP contribution in [0.25, 0.3) is 0 Å². The molecule has 8 heteroatoms. The highest BCUT2D eigenvalue weighted by atomic mass is 16.5. The lowest BCUT2D eigenvalue weighted by molar-refractivity contribution is 0.0950. The first-order valence-electron chi connectivity index (χ1n) is 11.9. The zero-order chi connectivity index (χ0) is 25.0. The fourth-order valence-corrected chi connectivity index (χ4v) is 3.56. The highest BCUT2D eigenvalue weighted by molar-refractivity contribution is 6.04. The molecule has 0 unspecified atom stereocenters. The second kappa shape index (κ2) is 13.1. The lowest BCUT2D eigenvalue weighted by atomic mass is 10.1. The Bertz CT molecular complexity index is 1120. The number of rotatable bonds is 11. The number of carbonyl (C=O) groups is 2. The van der Waals surface area contributed by atoms with E-state index < -0.39 is 6.09 Å². The SMILES string of the molecule is CCCCCCOC(=O)NC(=N)c1ccc(CNC(=O)c2cnn(Cc3ccccc3)c2C)cc1. The van der Waals surface area contributed by atoms with Crippen LogP contribution in [0.2, 0.25) is 0 Å². The van der Waals surface area contributed by atoms with Crippen molar-refractivity contribution in [3.63, 3.8) is 0 Å². The Morgan fingerprint density at radius 2 is 1.74 bits per heavy atom. The molecule has 0 aliphatic carbocycles. The second-order valence-electron chi connectivity index (χ2n) is 8.36. The molecule has 184 valence electrons. The van der Waals surface area contributed by atoms with Crippen LogP contribution in [0, 0.1) is 12.3 Å². The van der Waals surface area contributed by atoms with Crippen LogP contribution in [0.5, 0.6) is 0 Å². The molecular weight excluding hydrogens is 442 g/mol. The van der Waals surface area contributed by atoms with Crippen LogP contribution in [-0.2, 0) is 17.8 Å². The molecule has 0 fully saturated rings. The van der Waals surface area contributed by atoms with E-state index in [4.69, 9.17) is 10.1 Å². The van der Waals surface area contributed by atoms with E-state index in [0.717, 1.165) is 42.5 Å². The highest BCUT2D eigenvalue weighted by Crippen LogP contribution is 2.11. The molecule has 0 aliphatic heterocycles. The van der Waals surface area contributed by atoms with Crippen molar-refractivity contribution in [1.82, 2.24) is 20.4 Å². The predicted octanol–water partition coefficient (Wildman–Crippen LogP) is 4.80. The van der Waals surface area contributed by atoms with Crippen LogP contribution in [0.1, 0.15) is 65.3 Å². The number of hydrogen-bond donors (Lipinski definition) is 3. The van der Waals surface area contributed by atoms with Crippen LogP contribution in [0.3, 0.4) is 0 Å². The van der Waals surface area contributed by atoms with Crippen LogP contribution in [0.4, 0.5) is 4.79 Å². The van der Waals surface area contributed by atoms with E-state index >= 15 is 0 Å². The average Bonchev–Trinajstić information content (AvgIpc) is 3.23. The van der Waals surface area contributed by atoms with E-state index in [2.05, 4.69) is 22.7 Å². The molecule has 3 aromatic rings. The van der Waals surface area contributed by atoms with Crippen molar-refractivity contribution in [2.75, 3.05) is 6.61 Å². The van der Waals surface area contributed by atoms with Crippen molar-refractivity contribution < 1.29 is 14.3 Å². The second-order valence-corrected chi connectivity index (χ2v) is 8.36. The molecule has 0 saturated carbocycles. The lowest BCUT2D eigenvalue weighted by Gasteiger charge is -2.10. The van der Waals surface area contributed by atoms with Gasteiger partial charge in [0.15, 0.2) is 0 Å². The first kappa shape index (κ1) is 25.7. The number of nitrogens with one attached hydrogen (secondary N) is 3. The molecule has 0 radical (unpaired) electrons. The quantitative estimate of drug-likeness (QED) is 0.210. The van der Waals surface area contributed by atoms with Crippen molar-refractivity contribution in [3.8, 4) is 0 Å². The van der Waals surface area contributed by atoms with Crippen LogP contribution in [-0.4, -0.2) is 34.2 Å². The minimum absolute atomic E-state index is 0.0272. The minimum Gasteiger partial charge on any atom is -0.449 e. The standard InChI is InChI=1S/C27H33N5O3/c1-3-4-5-9-16-35-27(34)31-25(28)23-14-12-21(13-15-23)17-29-26(33)24-18-30-32(20(24)2)19-22-10-7-6-8-11-22/h6-8,10-15,18H,3-5,9,16-17,19H2,1-2H3,(H,29,33)(H2,28,31,34). The van der Waals surface area contributed by atoms with Gasteiger partial charge in [0.25, 0.3) is 5.91 Å². The van der Waals surface area contributed by atoms with Gasteiger partial charge in [0.1, 0.15) is 5.84 Å². The normalized spacial score (nSPS) is 10.6. The fraction of sp³-hybridized carbons (Fsp3) is 0.333. The number of aromatic nitrogens is 2. The molecular formula is C27H33N5O3. The van der Waals surface area contributed by atoms with Gasteiger partial charge in [-0.2, -0.15) is 5.10 Å². The van der Waals surface area contributed by atoms with Gasteiger partial charge in [-0.25, -0.2) is 4.79 Å².